The summed E-state index contributed by atoms with van der Waals surface area (Å²) >= 11 is 0. The van der Waals surface area contributed by atoms with E-state index in [9.17, 15) is 9.59 Å². The van der Waals surface area contributed by atoms with Gasteiger partial charge >= 0.3 is 5.76 Å². The van der Waals surface area contributed by atoms with E-state index in [1.807, 2.05) is 25.1 Å². The van der Waals surface area contributed by atoms with Gasteiger partial charge in [0.05, 0.1) is 5.52 Å². The first-order valence-corrected chi connectivity index (χ1v) is 7.19. The molecular formula is C17H16N2O3. The van der Waals surface area contributed by atoms with Gasteiger partial charge < -0.3 is 9.73 Å². The number of amides is 1. The number of nitrogens with one attached hydrogen (secondary N) is 1. The number of aryl methyl sites for hydroxylation is 1. The Morgan fingerprint density at radius 2 is 1.95 bits per heavy atom. The molecule has 1 heterocycles. The van der Waals surface area contributed by atoms with Crippen LogP contribution in [0, 0.1) is 0 Å². The molecule has 0 unspecified atom stereocenters. The molecule has 1 N–H and O–H groups in total. The van der Waals surface area contributed by atoms with E-state index in [1.165, 1.54) is 0 Å². The quantitative estimate of drug-likeness (QED) is 0.803. The van der Waals surface area contributed by atoms with Crippen LogP contribution in [0.4, 0.5) is 5.69 Å². The molecule has 0 fully saturated rings. The zero-order valence-electron chi connectivity index (χ0n) is 12.2. The lowest BCUT2D eigenvalue weighted by molar-refractivity contribution is 0.102. The number of anilines is 1. The van der Waals surface area contributed by atoms with Gasteiger partial charge in [0.25, 0.3) is 5.91 Å². The van der Waals surface area contributed by atoms with Crippen molar-refractivity contribution in [2.24, 2.45) is 0 Å². The molecule has 0 spiro atoms. The molecule has 0 aliphatic rings. The van der Waals surface area contributed by atoms with E-state index in [2.05, 4.69) is 5.32 Å². The molecule has 0 aliphatic heterocycles. The maximum absolute atomic E-state index is 12.1. The highest BCUT2D eigenvalue weighted by Crippen LogP contribution is 2.19. The van der Waals surface area contributed by atoms with E-state index in [0.717, 1.165) is 11.9 Å². The van der Waals surface area contributed by atoms with E-state index in [4.69, 9.17) is 4.42 Å². The van der Waals surface area contributed by atoms with Gasteiger partial charge in [0.1, 0.15) is 0 Å². The molecule has 2 aromatic carbocycles. The van der Waals surface area contributed by atoms with Crippen molar-refractivity contribution in [1.29, 1.82) is 0 Å². The summed E-state index contributed by atoms with van der Waals surface area (Å²) in [4.78, 5) is 23.9. The molecular weight excluding hydrogens is 280 g/mol. The monoisotopic (exact) mass is 296 g/mol. The van der Waals surface area contributed by atoms with Crippen LogP contribution < -0.4 is 11.1 Å². The zero-order valence-corrected chi connectivity index (χ0v) is 12.2. The van der Waals surface area contributed by atoms with Crippen molar-refractivity contribution >= 4 is 22.7 Å². The summed E-state index contributed by atoms with van der Waals surface area (Å²) in [5.41, 5.74) is 2.39. The van der Waals surface area contributed by atoms with Crippen molar-refractivity contribution in [3.05, 3.63) is 64.6 Å². The number of nitrogens with zero attached hydrogens (tertiary/aromatic N) is 1. The molecule has 1 aromatic heterocycles. The standard InChI is InChI=1S/C17H16N2O3/c1-2-10-19-14-9-8-13(11-15(14)22-17(19)21)18-16(20)12-6-4-3-5-7-12/h3-9,11H,2,10H2,1H3,(H,18,20). The van der Waals surface area contributed by atoms with Crippen LogP contribution in [-0.2, 0) is 6.54 Å². The molecule has 0 saturated heterocycles. The van der Waals surface area contributed by atoms with E-state index in [0.29, 0.717) is 23.4 Å². The Balaban J connectivity index is 1.90. The van der Waals surface area contributed by atoms with Crippen molar-refractivity contribution in [3.8, 4) is 0 Å². The summed E-state index contributed by atoms with van der Waals surface area (Å²) < 4.78 is 6.83. The summed E-state index contributed by atoms with van der Waals surface area (Å²) in [6.45, 7) is 2.61. The Morgan fingerprint density at radius 3 is 2.68 bits per heavy atom. The van der Waals surface area contributed by atoms with Gasteiger partial charge in [-0.3, -0.25) is 9.36 Å². The Bertz CT molecular complexity index is 862. The maximum Gasteiger partial charge on any atom is 0.419 e. The Kier molecular flexibility index (Phi) is 3.78. The van der Waals surface area contributed by atoms with Crippen LogP contribution in [0.3, 0.4) is 0 Å². The molecule has 0 radical (unpaired) electrons. The van der Waals surface area contributed by atoms with E-state index >= 15 is 0 Å². The number of hydrogen-bond donors (Lipinski definition) is 1. The number of aromatic nitrogens is 1. The van der Waals surface area contributed by atoms with Gasteiger partial charge in [0.15, 0.2) is 5.58 Å². The predicted octanol–water partition coefficient (Wildman–Crippen LogP) is 3.26. The van der Waals surface area contributed by atoms with Crippen molar-refractivity contribution in [2.45, 2.75) is 19.9 Å². The third kappa shape index (κ3) is 2.65. The molecule has 0 aliphatic carbocycles. The normalized spacial score (nSPS) is 10.8. The number of carbonyl (C=O) groups is 1. The first-order valence-electron chi connectivity index (χ1n) is 7.19. The van der Waals surface area contributed by atoms with Gasteiger partial charge in [0, 0.05) is 23.9 Å². The number of rotatable bonds is 4. The van der Waals surface area contributed by atoms with E-state index in [1.54, 1.807) is 34.9 Å². The van der Waals surface area contributed by atoms with Gasteiger partial charge in [-0.05, 0) is 30.7 Å². The van der Waals surface area contributed by atoms with Crippen LogP contribution in [0.1, 0.15) is 23.7 Å². The highest BCUT2D eigenvalue weighted by atomic mass is 16.4. The van der Waals surface area contributed by atoms with Gasteiger partial charge in [-0.2, -0.15) is 0 Å². The molecule has 22 heavy (non-hydrogen) atoms. The first kappa shape index (κ1) is 14.1. The Morgan fingerprint density at radius 1 is 1.18 bits per heavy atom. The molecule has 5 heteroatoms. The Labute approximate surface area is 127 Å². The maximum atomic E-state index is 12.1. The van der Waals surface area contributed by atoms with Crippen molar-refractivity contribution in [1.82, 2.24) is 4.57 Å². The lowest BCUT2D eigenvalue weighted by Crippen LogP contribution is -2.13. The minimum atomic E-state index is -0.372. The smallest absolute Gasteiger partial charge is 0.408 e. The summed E-state index contributed by atoms with van der Waals surface area (Å²) in [6.07, 6.45) is 0.848. The average Bonchev–Trinajstić information content (AvgIpc) is 2.84. The lowest BCUT2D eigenvalue weighted by Gasteiger charge is -2.05. The van der Waals surface area contributed by atoms with Gasteiger partial charge in [-0.1, -0.05) is 25.1 Å². The van der Waals surface area contributed by atoms with Crippen molar-refractivity contribution < 1.29 is 9.21 Å². The molecule has 0 bridgehead atoms. The molecule has 3 rings (SSSR count). The number of fused-ring (bicyclic) bond motifs is 1. The van der Waals surface area contributed by atoms with Crippen LogP contribution in [0.5, 0.6) is 0 Å². The summed E-state index contributed by atoms with van der Waals surface area (Å²) in [6, 6.07) is 14.2. The minimum Gasteiger partial charge on any atom is -0.408 e. The number of carbonyl (C=O) groups excluding carboxylic acids is 1. The molecule has 0 saturated carbocycles. The van der Waals surface area contributed by atoms with Crippen LogP contribution in [-0.4, -0.2) is 10.5 Å². The van der Waals surface area contributed by atoms with E-state index in [-0.39, 0.29) is 11.7 Å². The second kappa shape index (κ2) is 5.89. The fraction of sp³-hybridized carbons (Fsp3) is 0.176. The minimum absolute atomic E-state index is 0.199. The fourth-order valence-electron chi connectivity index (χ4n) is 2.37. The van der Waals surface area contributed by atoms with Gasteiger partial charge in [-0.25, -0.2) is 4.79 Å². The third-order valence-electron chi connectivity index (χ3n) is 3.41. The van der Waals surface area contributed by atoms with Gasteiger partial charge in [-0.15, -0.1) is 0 Å². The van der Waals surface area contributed by atoms with Crippen LogP contribution in [0.25, 0.3) is 11.1 Å². The SMILES string of the molecule is CCCn1c(=O)oc2cc(NC(=O)c3ccccc3)ccc21. The molecule has 3 aromatic rings. The second-order valence-electron chi connectivity index (χ2n) is 5.02. The second-order valence-corrected chi connectivity index (χ2v) is 5.02. The summed E-state index contributed by atoms with van der Waals surface area (Å²) in [5.74, 6) is -0.571. The zero-order chi connectivity index (χ0) is 15.5. The van der Waals surface area contributed by atoms with Gasteiger partial charge in [0.2, 0.25) is 0 Å². The third-order valence-corrected chi connectivity index (χ3v) is 3.41. The summed E-state index contributed by atoms with van der Waals surface area (Å²) in [7, 11) is 0. The lowest BCUT2D eigenvalue weighted by atomic mass is 10.2. The van der Waals surface area contributed by atoms with Crippen molar-refractivity contribution in [2.75, 3.05) is 5.32 Å². The average molecular weight is 296 g/mol. The summed E-state index contributed by atoms with van der Waals surface area (Å²) in [5, 5.41) is 2.80. The first-order chi connectivity index (χ1) is 10.7. The molecule has 112 valence electrons. The fourth-order valence-corrected chi connectivity index (χ4v) is 2.37. The molecule has 1 amide bonds. The van der Waals surface area contributed by atoms with Crippen LogP contribution in [0.2, 0.25) is 0 Å². The topological polar surface area (TPSA) is 64.2 Å². The molecule has 0 atom stereocenters. The highest BCUT2D eigenvalue weighted by molar-refractivity contribution is 6.04. The predicted molar refractivity (Wildman–Crippen MR) is 85.2 cm³/mol. The Hall–Kier alpha value is -2.82. The number of benzene rings is 2. The highest BCUT2D eigenvalue weighted by Gasteiger charge is 2.11. The van der Waals surface area contributed by atoms with Crippen molar-refractivity contribution in [3.63, 3.8) is 0 Å². The van der Waals surface area contributed by atoms with E-state index < -0.39 is 0 Å². The van der Waals surface area contributed by atoms with Crippen LogP contribution in [0.15, 0.2) is 57.7 Å². The largest absolute Gasteiger partial charge is 0.419 e. The number of oxazole rings is 1. The number of hydrogen-bond acceptors (Lipinski definition) is 3. The molecule has 5 nitrogen and oxygen atoms in total. The van der Waals surface area contributed by atoms with Crippen LogP contribution >= 0.6 is 0 Å².